The summed E-state index contributed by atoms with van der Waals surface area (Å²) in [6, 6.07) is 8.25. The van der Waals surface area contributed by atoms with Gasteiger partial charge in [-0.1, -0.05) is 16.4 Å². The van der Waals surface area contributed by atoms with Crippen molar-refractivity contribution >= 4 is 29.2 Å². The van der Waals surface area contributed by atoms with Gasteiger partial charge in [0, 0.05) is 43.9 Å². The maximum absolute atomic E-state index is 15.0. The van der Waals surface area contributed by atoms with Gasteiger partial charge >= 0.3 is 0 Å². The van der Waals surface area contributed by atoms with Crippen LogP contribution in [0, 0.1) is 11.2 Å². The lowest BCUT2D eigenvalue weighted by Gasteiger charge is -2.36. The van der Waals surface area contributed by atoms with Gasteiger partial charge in [-0.05, 0) is 25.0 Å². The number of nitrogens with one attached hydrogen (secondary N) is 2. The maximum atomic E-state index is 15.0. The Morgan fingerprint density at radius 2 is 1.86 bits per heavy atom. The molecule has 1 saturated heterocycles. The number of hydrogen-bond acceptors (Lipinski definition) is 9. The molecule has 0 radical (unpaired) electrons. The van der Waals surface area contributed by atoms with E-state index in [4.69, 9.17) is 14.8 Å². The molecule has 0 atom stereocenters. The predicted octanol–water partition coefficient (Wildman–Crippen LogP) is 1.11. The molecule has 12 nitrogen and oxygen atoms in total. The molecular weight excluding hydrogens is 485 g/mol. The van der Waals surface area contributed by atoms with Gasteiger partial charge in [-0.3, -0.25) is 14.4 Å². The molecule has 2 fully saturated rings. The number of hydrogen-bond donors (Lipinski definition) is 3. The van der Waals surface area contributed by atoms with Crippen LogP contribution in [-0.2, 0) is 20.9 Å². The topological polar surface area (TPSA) is 160 Å². The highest BCUT2D eigenvalue weighted by atomic mass is 19.1. The molecular formula is C24H26FN7O5. The smallest absolute Gasteiger partial charge is 0.242 e. The summed E-state index contributed by atoms with van der Waals surface area (Å²) in [7, 11) is 0. The molecule has 5 rings (SSSR count). The summed E-state index contributed by atoms with van der Waals surface area (Å²) in [6.45, 7) is 1.76. The number of primary amides is 1. The van der Waals surface area contributed by atoms with Crippen molar-refractivity contribution < 1.29 is 27.8 Å². The maximum Gasteiger partial charge on any atom is 0.242 e. The first-order chi connectivity index (χ1) is 17.9. The van der Waals surface area contributed by atoms with E-state index in [1.54, 1.807) is 29.2 Å². The van der Waals surface area contributed by atoms with E-state index in [1.165, 1.54) is 12.3 Å². The summed E-state index contributed by atoms with van der Waals surface area (Å²) in [6.07, 6.45) is 2.27. The third-order valence-electron chi connectivity index (χ3n) is 6.71. The van der Waals surface area contributed by atoms with Crippen molar-refractivity contribution in [3.63, 3.8) is 0 Å². The molecule has 3 heterocycles. The monoisotopic (exact) mass is 511 g/mol. The summed E-state index contributed by atoms with van der Waals surface area (Å²) >= 11 is 0. The number of carbonyl (C=O) groups excluding carboxylic acids is 3. The van der Waals surface area contributed by atoms with Crippen LogP contribution < -0.4 is 21.3 Å². The SMILES string of the molecule is NC(=O)C1(C(=O)NCC(=O)N2CCN(c3ccc(-c4cc(CNc5ccon5)on4)cc3F)CC2)CC1. The molecule has 194 valence electrons. The number of aromatic nitrogens is 2. The average Bonchev–Trinajstić information content (AvgIpc) is 3.31. The van der Waals surface area contributed by atoms with E-state index in [9.17, 15) is 14.4 Å². The lowest BCUT2D eigenvalue weighted by Crippen LogP contribution is -2.52. The van der Waals surface area contributed by atoms with Crippen molar-refractivity contribution in [1.82, 2.24) is 20.5 Å². The first-order valence-electron chi connectivity index (χ1n) is 11.9. The quantitative estimate of drug-likeness (QED) is 0.358. The van der Waals surface area contributed by atoms with Crippen molar-refractivity contribution in [1.29, 1.82) is 0 Å². The number of rotatable bonds is 9. The molecule has 1 aromatic carbocycles. The third-order valence-corrected chi connectivity index (χ3v) is 6.71. The number of nitrogens with zero attached hydrogens (tertiary/aromatic N) is 4. The Morgan fingerprint density at radius 3 is 2.51 bits per heavy atom. The Morgan fingerprint density at radius 1 is 1.08 bits per heavy atom. The highest BCUT2D eigenvalue weighted by Gasteiger charge is 2.55. The Bertz CT molecular complexity index is 1300. The molecule has 0 unspecified atom stereocenters. The normalized spacial score (nSPS) is 16.4. The Hall–Kier alpha value is -4.42. The van der Waals surface area contributed by atoms with Crippen LogP contribution in [0.1, 0.15) is 18.6 Å². The largest absolute Gasteiger partial charge is 0.369 e. The van der Waals surface area contributed by atoms with Gasteiger partial charge in [-0.25, -0.2) is 4.39 Å². The van der Waals surface area contributed by atoms with Gasteiger partial charge in [0.1, 0.15) is 23.2 Å². The van der Waals surface area contributed by atoms with Crippen LogP contribution in [0.4, 0.5) is 15.9 Å². The van der Waals surface area contributed by atoms with E-state index < -0.39 is 23.0 Å². The highest BCUT2D eigenvalue weighted by molar-refractivity contribution is 6.07. The number of nitrogens with two attached hydrogens (primary N) is 1. The van der Waals surface area contributed by atoms with E-state index >= 15 is 4.39 Å². The fraction of sp³-hybridized carbons (Fsp3) is 0.375. The zero-order valence-corrected chi connectivity index (χ0v) is 19.9. The van der Waals surface area contributed by atoms with Crippen molar-refractivity contribution in [3.05, 3.63) is 48.2 Å². The fourth-order valence-corrected chi connectivity index (χ4v) is 4.28. The summed E-state index contributed by atoms with van der Waals surface area (Å²) in [5, 5.41) is 13.3. The molecule has 3 aromatic rings. The molecule has 3 amide bonds. The standard InChI is InChI=1S/C24H26FN7O5/c25-17-11-15(18-12-16(37-29-18)13-27-20-3-10-36-30-20)1-2-19(17)31-6-8-32(9-7-31)21(33)14-28-23(35)24(4-5-24)22(26)34/h1-3,10-12H,4-9,13-14H2,(H2,26,34)(H,27,30)(H,28,35). The zero-order valence-electron chi connectivity index (χ0n) is 19.9. The fourth-order valence-electron chi connectivity index (χ4n) is 4.28. The second-order valence-corrected chi connectivity index (χ2v) is 9.08. The second kappa shape index (κ2) is 9.91. The minimum atomic E-state index is -1.16. The third kappa shape index (κ3) is 5.10. The predicted molar refractivity (Wildman–Crippen MR) is 128 cm³/mol. The zero-order chi connectivity index (χ0) is 26.0. The Kier molecular flexibility index (Phi) is 6.51. The van der Waals surface area contributed by atoms with Gasteiger partial charge < -0.3 is 35.2 Å². The molecule has 37 heavy (non-hydrogen) atoms. The minimum absolute atomic E-state index is 0.204. The lowest BCUT2D eigenvalue weighted by molar-refractivity contribution is -0.138. The number of anilines is 2. The van der Waals surface area contributed by atoms with Crippen molar-refractivity contribution in [2.24, 2.45) is 11.1 Å². The second-order valence-electron chi connectivity index (χ2n) is 9.08. The molecule has 2 aliphatic rings. The highest BCUT2D eigenvalue weighted by Crippen LogP contribution is 2.45. The molecule has 1 aliphatic heterocycles. The van der Waals surface area contributed by atoms with Crippen LogP contribution in [0.5, 0.6) is 0 Å². The summed E-state index contributed by atoms with van der Waals surface area (Å²) < 4.78 is 25.1. The summed E-state index contributed by atoms with van der Waals surface area (Å²) in [4.78, 5) is 39.6. The molecule has 0 spiro atoms. The van der Waals surface area contributed by atoms with Crippen LogP contribution in [0.15, 0.2) is 45.6 Å². The van der Waals surface area contributed by atoms with E-state index in [0.717, 1.165) is 0 Å². The molecule has 0 bridgehead atoms. The Labute approximate surface area is 210 Å². The number of halogens is 1. The summed E-state index contributed by atoms with van der Waals surface area (Å²) in [5.74, 6) is -0.710. The van der Waals surface area contributed by atoms with Gasteiger partial charge in [0.05, 0.1) is 18.8 Å². The summed E-state index contributed by atoms with van der Waals surface area (Å²) in [5.41, 5.74) is 5.64. The van der Waals surface area contributed by atoms with Gasteiger partial charge in [0.2, 0.25) is 17.7 Å². The van der Waals surface area contributed by atoms with E-state index in [-0.39, 0.29) is 12.5 Å². The van der Waals surface area contributed by atoms with Crippen molar-refractivity contribution in [3.8, 4) is 11.3 Å². The number of benzene rings is 1. The number of amides is 3. The molecule has 13 heteroatoms. The molecule has 1 aliphatic carbocycles. The first kappa shape index (κ1) is 24.3. The van der Waals surface area contributed by atoms with Crippen molar-refractivity contribution in [2.75, 3.05) is 42.9 Å². The van der Waals surface area contributed by atoms with Crippen LogP contribution in [0.25, 0.3) is 11.3 Å². The van der Waals surface area contributed by atoms with Crippen LogP contribution >= 0.6 is 0 Å². The van der Waals surface area contributed by atoms with E-state index in [2.05, 4.69) is 20.9 Å². The van der Waals surface area contributed by atoms with E-state index in [1.807, 2.05) is 4.90 Å². The molecule has 1 saturated carbocycles. The van der Waals surface area contributed by atoms with Crippen LogP contribution in [0.3, 0.4) is 0 Å². The van der Waals surface area contributed by atoms with Gasteiger partial charge in [-0.15, -0.1) is 0 Å². The van der Waals surface area contributed by atoms with Crippen LogP contribution in [-0.4, -0.2) is 65.7 Å². The number of carbonyl (C=O) groups is 3. The van der Waals surface area contributed by atoms with E-state index in [0.29, 0.717) is 74.1 Å². The first-order valence-corrected chi connectivity index (χ1v) is 11.9. The number of piperazine rings is 1. The lowest BCUT2D eigenvalue weighted by atomic mass is 10.1. The van der Waals surface area contributed by atoms with Crippen molar-refractivity contribution in [2.45, 2.75) is 19.4 Å². The molecule has 2 aromatic heterocycles. The Balaban J connectivity index is 1.13. The minimum Gasteiger partial charge on any atom is -0.369 e. The molecule has 4 N–H and O–H groups in total. The van der Waals surface area contributed by atoms with Gasteiger partial charge in [0.15, 0.2) is 11.6 Å². The van der Waals surface area contributed by atoms with Gasteiger partial charge in [-0.2, -0.15) is 0 Å². The van der Waals surface area contributed by atoms with Gasteiger partial charge in [0.25, 0.3) is 0 Å². The van der Waals surface area contributed by atoms with Crippen LogP contribution in [0.2, 0.25) is 0 Å². The average molecular weight is 512 g/mol.